The molecular formula is C14H25F3N2. The van der Waals surface area contributed by atoms with Crippen molar-refractivity contribution >= 4 is 0 Å². The summed E-state index contributed by atoms with van der Waals surface area (Å²) in [4.78, 5) is 2.26. The van der Waals surface area contributed by atoms with Gasteiger partial charge in [0.1, 0.15) is 0 Å². The molecule has 1 spiro atoms. The number of halogens is 3. The van der Waals surface area contributed by atoms with Crippen molar-refractivity contribution in [3.05, 3.63) is 0 Å². The number of hydrogen-bond donors (Lipinski definition) is 1. The van der Waals surface area contributed by atoms with Crippen LogP contribution in [0.1, 0.15) is 52.4 Å². The van der Waals surface area contributed by atoms with Crippen molar-refractivity contribution < 1.29 is 13.2 Å². The average molecular weight is 278 g/mol. The maximum absolute atomic E-state index is 12.3. The summed E-state index contributed by atoms with van der Waals surface area (Å²) in [6.07, 6.45) is 0.331. The highest BCUT2D eigenvalue weighted by Crippen LogP contribution is 2.36. The summed E-state index contributed by atoms with van der Waals surface area (Å²) in [5.74, 6) is 0. The van der Waals surface area contributed by atoms with Crippen LogP contribution in [0.2, 0.25) is 0 Å². The Kier molecular flexibility index (Phi) is 4.17. The summed E-state index contributed by atoms with van der Waals surface area (Å²) in [7, 11) is 0. The second kappa shape index (κ2) is 5.24. The quantitative estimate of drug-likeness (QED) is 0.852. The van der Waals surface area contributed by atoms with Crippen LogP contribution in [0.5, 0.6) is 0 Å². The lowest BCUT2D eigenvalue weighted by Crippen LogP contribution is -2.67. The molecule has 0 aromatic rings. The fourth-order valence-corrected chi connectivity index (χ4v) is 3.39. The van der Waals surface area contributed by atoms with E-state index in [1.54, 1.807) is 0 Å². The van der Waals surface area contributed by atoms with Gasteiger partial charge in [-0.3, -0.25) is 4.90 Å². The van der Waals surface area contributed by atoms with Crippen LogP contribution in [0, 0.1) is 0 Å². The molecule has 0 radical (unpaired) electrons. The van der Waals surface area contributed by atoms with E-state index in [4.69, 9.17) is 0 Å². The van der Waals surface area contributed by atoms with Gasteiger partial charge in [-0.2, -0.15) is 13.2 Å². The average Bonchev–Trinajstić information content (AvgIpc) is 2.71. The Bertz CT molecular complexity index is 306. The van der Waals surface area contributed by atoms with Crippen LogP contribution >= 0.6 is 0 Å². The lowest BCUT2D eigenvalue weighted by atomic mass is 9.87. The largest absolute Gasteiger partial charge is 0.389 e. The van der Waals surface area contributed by atoms with E-state index in [0.717, 1.165) is 13.1 Å². The first-order valence-electron chi connectivity index (χ1n) is 7.29. The van der Waals surface area contributed by atoms with E-state index < -0.39 is 12.6 Å². The molecule has 1 aliphatic carbocycles. The maximum atomic E-state index is 12.3. The molecule has 2 nitrogen and oxygen atoms in total. The van der Waals surface area contributed by atoms with Crippen molar-refractivity contribution in [2.45, 2.75) is 69.6 Å². The van der Waals surface area contributed by atoms with Crippen molar-refractivity contribution in [1.82, 2.24) is 10.2 Å². The predicted molar refractivity (Wildman–Crippen MR) is 70.1 cm³/mol. The van der Waals surface area contributed by atoms with Crippen molar-refractivity contribution in [2.75, 3.05) is 19.6 Å². The Morgan fingerprint density at radius 1 is 1.16 bits per heavy atom. The topological polar surface area (TPSA) is 15.3 Å². The van der Waals surface area contributed by atoms with Crippen LogP contribution in [0.15, 0.2) is 0 Å². The summed E-state index contributed by atoms with van der Waals surface area (Å²) in [5.41, 5.74) is 0.132. The van der Waals surface area contributed by atoms with Crippen LogP contribution in [-0.4, -0.2) is 41.8 Å². The molecule has 0 unspecified atom stereocenters. The van der Waals surface area contributed by atoms with Gasteiger partial charge in [0.2, 0.25) is 0 Å². The minimum absolute atomic E-state index is 0.0422. The monoisotopic (exact) mass is 278 g/mol. The number of alkyl halides is 3. The number of piperazine rings is 1. The summed E-state index contributed by atoms with van der Waals surface area (Å²) < 4.78 is 36.8. The van der Waals surface area contributed by atoms with Gasteiger partial charge in [0.15, 0.2) is 0 Å². The predicted octanol–water partition coefficient (Wildman–Crippen LogP) is 3.33. The Hall–Kier alpha value is -0.290. The highest BCUT2D eigenvalue weighted by molar-refractivity contribution is 5.04. The number of nitrogens with zero attached hydrogens (tertiary/aromatic N) is 1. The second-order valence-corrected chi connectivity index (χ2v) is 6.79. The van der Waals surface area contributed by atoms with Crippen LogP contribution in [0.3, 0.4) is 0 Å². The summed E-state index contributed by atoms with van der Waals surface area (Å²) in [5, 5.41) is 3.66. The second-order valence-electron chi connectivity index (χ2n) is 6.79. The van der Waals surface area contributed by atoms with E-state index in [2.05, 4.69) is 24.1 Å². The molecule has 1 heterocycles. The maximum Gasteiger partial charge on any atom is 0.389 e. The van der Waals surface area contributed by atoms with Gasteiger partial charge in [-0.25, -0.2) is 0 Å². The molecule has 0 amide bonds. The van der Waals surface area contributed by atoms with Crippen molar-refractivity contribution in [2.24, 2.45) is 0 Å². The van der Waals surface area contributed by atoms with Crippen LogP contribution in [0.4, 0.5) is 13.2 Å². The van der Waals surface area contributed by atoms with Gasteiger partial charge >= 0.3 is 6.18 Å². The molecule has 0 atom stereocenters. The minimum Gasteiger partial charge on any atom is -0.308 e. The lowest BCUT2D eigenvalue weighted by molar-refractivity contribution is -0.137. The van der Waals surface area contributed by atoms with Gasteiger partial charge in [0.05, 0.1) is 0 Å². The molecule has 2 rings (SSSR count). The summed E-state index contributed by atoms with van der Waals surface area (Å²) in [6, 6.07) is 0. The molecule has 1 saturated carbocycles. The van der Waals surface area contributed by atoms with E-state index in [0.29, 0.717) is 6.54 Å². The summed E-state index contributed by atoms with van der Waals surface area (Å²) in [6.45, 7) is 6.57. The molecule has 2 fully saturated rings. The fraction of sp³-hybridized carbons (Fsp3) is 1.00. The third-order valence-electron chi connectivity index (χ3n) is 4.69. The first-order valence-corrected chi connectivity index (χ1v) is 7.29. The molecule has 5 heteroatoms. The van der Waals surface area contributed by atoms with Crippen molar-refractivity contribution in [3.63, 3.8) is 0 Å². The van der Waals surface area contributed by atoms with Gasteiger partial charge in [0, 0.05) is 30.6 Å². The Morgan fingerprint density at radius 3 is 2.37 bits per heavy atom. The first-order chi connectivity index (χ1) is 8.73. The van der Waals surface area contributed by atoms with E-state index in [-0.39, 0.29) is 17.5 Å². The highest BCUT2D eigenvalue weighted by Gasteiger charge is 2.44. The number of hydrogen-bond acceptors (Lipinski definition) is 2. The Morgan fingerprint density at radius 2 is 1.79 bits per heavy atom. The van der Waals surface area contributed by atoms with Crippen LogP contribution < -0.4 is 5.32 Å². The zero-order chi connectivity index (χ0) is 14.1. The molecule has 112 valence electrons. The zero-order valence-electron chi connectivity index (χ0n) is 11.9. The van der Waals surface area contributed by atoms with Crippen molar-refractivity contribution in [1.29, 1.82) is 0 Å². The lowest BCUT2D eigenvalue weighted by Gasteiger charge is -2.51. The molecule has 1 aliphatic heterocycles. The molecule has 0 aromatic heterocycles. The van der Waals surface area contributed by atoms with Gasteiger partial charge in [-0.15, -0.1) is 0 Å². The third kappa shape index (κ3) is 3.85. The van der Waals surface area contributed by atoms with E-state index in [1.165, 1.54) is 25.7 Å². The summed E-state index contributed by atoms with van der Waals surface area (Å²) >= 11 is 0. The van der Waals surface area contributed by atoms with Gasteiger partial charge < -0.3 is 5.32 Å². The number of rotatable bonds is 3. The molecule has 0 aromatic carbocycles. The molecule has 2 aliphatic rings. The van der Waals surface area contributed by atoms with Crippen LogP contribution in [0.25, 0.3) is 0 Å². The van der Waals surface area contributed by atoms with Gasteiger partial charge in [-0.05, 0) is 39.7 Å². The van der Waals surface area contributed by atoms with Crippen molar-refractivity contribution in [3.8, 4) is 0 Å². The molecule has 1 N–H and O–H groups in total. The minimum atomic E-state index is -4.02. The molecule has 19 heavy (non-hydrogen) atoms. The van der Waals surface area contributed by atoms with E-state index in [9.17, 15) is 13.2 Å². The number of nitrogens with one attached hydrogen (secondary N) is 1. The Balaban J connectivity index is 1.91. The molecule has 0 bridgehead atoms. The highest BCUT2D eigenvalue weighted by atomic mass is 19.4. The normalized spacial score (nSPS) is 27.0. The first kappa shape index (κ1) is 15.1. The van der Waals surface area contributed by atoms with Gasteiger partial charge in [-0.1, -0.05) is 12.8 Å². The zero-order valence-corrected chi connectivity index (χ0v) is 11.9. The van der Waals surface area contributed by atoms with E-state index >= 15 is 0 Å². The smallest absolute Gasteiger partial charge is 0.308 e. The van der Waals surface area contributed by atoms with Gasteiger partial charge in [0.25, 0.3) is 0 Å². The molecule has 1 saturated heterocycles. The van der Waals surface area contributed by atoms with E-state index in [1.807, 2.05) is 0 Å². The fourth-order valence-electron chi connectivity index (χ4n) is 3.39. The third-order valence-corrected chi connectivity index (χ3v) is 4.69. The SMILES string of the molecule is CC1(C)CNC2(CCCC2)CN1CCCC(F)(F)F. The Labute approximate surface area is 113 Å². The van der Waals surface area contributed by atoms with Crippen LogP contribution in [-0.2, 0) is 0 Å². The standard InChI is InChI=1S/C14H25F3N2/c1-12(2)10-18-13(6-3-4-7-13)11-19(12)9-5-8-14(15,16)17/h18H,3-11H2,1-2H3. The molecular weight excluding hydrogens is 253 g/mol.